The molecule has 1 fully saturated rings. The van der Waals surface area contributed by atoms with Gasteiger partial charge in [0, 0.05) is 0 Å². The fraction of sp³-hybridized carbons (Fsp3) is 0.533. The summed E-state index contributed by atoms with van der Waals surface area (Å²) in [4.78, 5) is 0. The SMILES string of the molecule is CC1CCCC(COc2ccc(C#N)cc2Cl)C1. The second kappa shape index (κ2) is 6.11. The lowest BCUT2D eigenvalue weighted by Gasteiger charge is -2.26. The first-order valence-corrected chi connectivity index (χ1v) is 6.89. The van der Waals surface area contributed by atoms with E-state index in [0.29, 0.717) is 22.3 Å². The van der Waals surface area contributed by atoms with Crippen molar-refractivity contribution in [2.45, 2.75) is 32.6 Å². The first kappa shape index (κ1) is 13.2. The monoisotopic (exact) mass is 263 g/mol. The lowest BCUT2D eigenvalue weighted by molar-refractivity contribution is 0.182. The molecule has 1 aromatic carbocycles. The topological polar surface area (TPSA) is 33.0 Å². The van der Waals surface area contributed by atoms with Gasteiger partial charge >= 0.3 is 0 Å². The van der Waals surface area contributed by atoms with Crippen LogP contribution in [-0.2, 0) is 0 Å². The molecule has 0 N–H and O–H groups in total. The van der Waals surface area contributed by atoms with Crippen molar-refractivity contribution in [3.63, 3.8) is 0 Å². The third-order valence-corrected chi connectivity index (χ3v) is 3.88. The summed E-state index contributed by atoms with van der Waals surface area (Å²) in [6.45, 7) is 3.04. The molecule has 2 nitrogen and oxygen atoms in total. The summed E-state index contributed by atoms with van der Waals surface area (Å²) in [5.41, 5.74) is 0.568. The van der Waals surface area contributed by atoms with Crippen LogP contribution in [0.3, 0.4) is 0 Å². The fourth-order valence-electron chi connectivity index (χ4n) is 2.61. The van der Waals surface area contributed by atoms with Crippen LogP contribution in [0.5, 0.6) is 5.75 Å². The molecule has 0 aliphatic heterocycles. The van der Waals surface area contributed by atoms with E-state index in [1.807, 2.05) is 0 Å². The number of nitrogens with zero attached hydrogens (tertiary/aromatic N) is 1. The van der Waals surface area contributed by atoms with Crippen LogP contribution in [-0.4, -0.2) is 6.61 Å². The Kier molecular flexibility index (Phi) is 4.49. The van der Waals surface area contributed by atoms with Crippen LogP contribution in [0.1, 0.15) is 38.2 Å². The maximum absolute atomic E-state index is 8.77. The molecule has 3 heteroatoms. The molecule has 2 rings (SSSR count). The zero-order chi connectivity index (χ0) is 13.0. The second-order valence-corrected chi connectivity index (χ2v) is 5.61. The van der Waals surface area contributed by atoms with Crippen molar-refractivity contribution in [2.75, 3.05) is 6.61 Å². The molecule has 1 aliphatic rings. The van der Waals surface area contributed by atoms with Crippen LogP contribution in [0.4, 0.5) is 0 Å². The van der Waals surface area contributed by atoms with Gasteiger partial charge < -0.3 is 4.74 Å². The van der Waals surface area contributed by atoms with E-state index in [4.69, 9.17) is 21.6 Å². The van der Waals surface area contributed by atoms with Gasteiger partial charge in [0.25, 0.3) is 0 Å². The number of halogens is 1. The molecule has 0 radical (unpaired) electrons. The van der Waals surface area contributed by atoms with E-state index in [-0.39, 0.29) is 0 Å². The average Bonchev–Trinajstić information content (AvgIpc) is 2.37. The van der Waals surface area contributed by atoms with Crippen molar-refractivity contribution < 1.29 is 4.74 Å². The summed E-state index contributed by atoms with van der Waals surface area (Å²) in [5.74, 6) is 2.14. The molecule has 1 saturated carbocycles. The van der Waals surface area contributed by atoms with Crippen molar-refractivity contribution in [2.24, 2.45) is 11.8 Å². The maximum atomic E-state index is 8.77. The molecule has 0 saturated heterocycles. The average molecular weight is 264 g/mol. The molecular weight excluding hydrogens is 246 g/mol. The normalized spacial score (nSPS) is 23.4. The van der Waals surface area contributed by atoms with Gasteiger partial charge in [0.05, 0.1) is 23.3 Å². The first-order chi connectivity index (χ1) is 8.69. The van der Waals surface area contributed by atoms with E-state index in [9.17, 15) is 0 Å². The van der Waals surface area contributed by atoms with Crippen LogP contribution in [0.2, 0.25) is 5.02 Å². The predicted octanol–water partition coefficient (Wildman–Crippen LogP) is 4.42. The Bertz CT molecular complexity index is 452. The Hall–Kier alpha value is -1.20. The quantitative estimate of drug-likeness (QED) is 0.809. The smallest absolute Gasteiger partial charge is 0.137 e. The highest BCUT2D eigenvalue weighted by molar-refractivity contribution is 6.32. The van der Waals surface area contributed by atoms with Gasteiger partial charge in [0.1, 0.15) is 5.75 Å². The molecule has 0 amide bonds. The summed E-state index contributed by atoms with van der Waals surface area (Å²) in [7, 11) is 0. The van der Waals surface area contributed by atoms with Crippen molar-refractivity contribution in [3.8, 4) is 11.8 Å². The minimum Gasteiger partial charge on any atom is -0.492 e. The minimum atomic E-state index is 0.526. The Morgan fingerprint density at radius 1 is 1.44 bits per heavy atom. The second-order valence-electron chi connectivity index (χ2n) is 5.21. The Morgan fingerprint density at radius 2 is 2.28 bits per heavy atom. The lowest BCUT2D eigenvalue weighted by Crippen LogP contribution is -2.19. The highest BCUT2D eigenvalue weighted by atomic mass is 35.5. The third-order valence-electron chi connectivity index (χ3n) is 3.58. The highest BCUT2D eigenvalue weighted by Crippen LogP contribution is 2.31. The summed E-state index contributed by atoms with van der Waals surface area (Å²) in [5, 5.41) is 9.29. The molecular formula is C15H18ClNO. The summed E-state index contributed by atoms with van der Waals surface area (Å²) >= 11 is 6.08. The van der Waals surface area contributed by atoms with Crippen LogP contribution < -0.4 is 4.74 Å². The van der Waals surface area contributed by atoms with E-state index in [0.717, 1.165) is 12.5 Å². The van der Waals surface area contributed by atoms with E-state index in [1.54, 1.807) is 18.2 Å². The van der Waals surface area contributed by atoms with Crippen LogP contribution in [0, 0.1) is 23.2 Å². The van der Waals surface area contributed by atoms with Gasteiger partial charge in [-0.3, -0.25) is 0 Å². The molecule has 1 aliphatic carbocycles. The number of ether oxygens (including phenoxy) is 1. The summed E-state index contributed by atoms with van der Waals surface area (Å²) in [6, 6.07) is 7.25. The van der Waals surface area contributed by atoms with Gasteiger partial charge in [0.15, 0.2) is 0 Å². The zero-order valence-electron chi connectivity index (χ0n) is 10.7. The van der Waals surface area contributed by atoms with E-state index < -0.39 is 0 Å². The third kappa shape index (κ3) is 3.40. The Balaban J connectivity index is 1.92. The predicted molar refractivity (Wildman–Crippen MR) is 72.8 cm³/mol. The first-order valence-electron chi connectivity index (χ1n) is 6.51. The molecule has 2 atom stereocenters. The highest BCUT2D eigenvalue weighted by Gasteiger charge is 2.19. The molecule has 2 unspecified atom stereocenters. The Labute approximate surface area is 114 Å². The number of hydrogen-bond donors (Lipinski definition) is 0. The zero-order valence-corrected chi connectivity index (χ0v) is 11.4. The molecule has 0 spiro atoms. The van der Waals surface area contributed by atoms with E-state index >= 15 is 0 Å². The molecule has 18 heavy (non-hydrogen) atoms. The number of hydrogen-bond acceptors (Lipinski definition) is 2. The van der Waals surface area contributed by atoms with Gasteiger partial charge in [0.2, 0.25) is 0 Å². The molecule has 1 aromatic rings. The van der Waals surface area contributed by atoms with Gasteiger partial charge in [-0.15, -0.1) is 0 Å². The fourth-order valence-corrected chi connectivity index (χ4v) is 2.84. The molecule has 96 valence electrons. The van der Waals surface area contributed by atoms with Crippen LogP contribution in [0.15, 0.2) is 18.2 Å². The van der Waals surface area contributed by atoms with E-state index in [2.05, 4.69) is 13.0 Å². The lowest BCUT2D eigenvalue weighted by atomic mass is 9.83. The number of benzene rings is 1. The van der Waals surface area contributed by atoms with Gasteiger partial charge in [-0.1, -0.05) is 31.4 Å². The molecule has 0 heterocycles. The van der Waals surface area contributed by atoms with Crippen molar-refractivity contribution >= 4 is 11.6 Å². The van der Waals surface area contributed by atoms with Crippen molar-refractivity contribution in [1.82, 2.24) is 0 Å². The summed E-state index contributed by atoms with van der Waals surface area (Å²) < 4.78 is 5.78. The van der Waals surface area contributed by atoms with Crippen LogP contribution in [0.25, 0.3) is 0 Å². The standard InChI is InChI=1S/C15H18ClNO/c1-11-3-2-4-13(7-11)10-18-15-6-5-12(9-17)8-14(15)16/h5-6,8,11,13H,2-4,7,10H2,1H3. The number of nitriles is 1. The maximum Gasteiger partial charge on any atom is 0.137 e. The van der Waals surface area contributed by atoms with Gasteiger partial charge in [-0.05, 0) is 42.9 Å². The van der Waals surface area contributed by atoms with Gasteiger partial charge in [-0.2, -0.15) is 5.26 Å². The summed E-state index contributed by atoms with van der Waals surface area (Å²) in [6.07, 6.45) is 5.14. The van der Waals surface area contributed by atoms with Crippen LogP contribution >= 0.6 is 11.6 Å². The Morgan fingerprint density at radius 3 is 2.94 bits per heavy atom. The van der Waals surface area contributed by atoms with Crippen molar-refractivity contribution in [3.05, 3.63) is 28.8 Å². The largest absolute Gasteiger partial charge is 0.492 e. The van der Waals surface area contributed by atoms with Gasteiger partial charge in [-0.25, -0.2) is 0 Å². The molecule has 0 aromatic heterocycles. The number of rotatable bonds is 3. The van der Waals surface area contributed by atoms with Crippen molar-refractivity contribution in [1.29, 1.82) is 5.26 Å². The molecule has 0 bridgehead atoms. The van der Waals surface area contributed by atoms with E-state index in [1.165, 1.54) is 25.7 Å². The minimum absolute atomic E-state index is 0.526.